The van der Waals surface area contributed by atoms with Gasteiger partial charge in [0, 0.05) is 5.02 Å². The second kappa shape index (κ2) is 7.29. The van der Waals surface area contributed by atoms with Crippen LogP contribution in [0.15, 0.2) is 22.5 Å². The molecule has 2 aromatic rings. The number of benzene rings is 1. The van der Waals surface area contributed by atoms with E-state index in [0.29, 0.717) is 17.9 Å². The topological polar surface area (TPSA) is 91.4 Å². The van der Waals surface area contributed by atoms with Gasteiger partial charge in [-0.25, -0.2) is 9.78 Å². The number of aromatic nitrogens is 1. The average Bonchev–Trinajstić information content (AvgIpc) is 3.14. The van der Waals surface area contributed by atoms with E-state index in [1.165, 1.54) is 23.1 Å². The molecule has 2 N–H and O–H groups in total. The standard InChI is InChI=1S/C17H17ClN4O3S2/c18-10-4-5-12-11(8-10)19-16(27-12)26-9-13(23)21-22-14(24)17(20-15(22)25)6-2-1-3-7-17/h4-5,8H,1-3,6-7,9H2,(H,20,25)(H,21,23). The summed E-state index contributed by atoms with van der Waals surface area (Å²) in [5.74, 6) is -0.730. The summed E-state index contributed by atoms with van der Waals surface area (Å²) in [5.41, 5.74) is 2.37. The van der Waals surface area contributed by atoms with Crippen molar-refractivity contribution in [2.45, 2.75) is 42.0 Å². The van der Waals surface area contributed by atoms with Crippen LogP contribution in [0.4, 0.5) is 4.79 Å². The Balaban J connectivity index is 1.37. The number of nitrogens with zero attached hydrogens (tertiary/aromatic N) is 2. The minimum atomic E-state index is -0.845. The number of hydrogen-bond donors (Lipinski definition) is 2. The number of hydrogen-bond acceptors (Lipinski definition) is 6. The zero-order chi connectivity index (χ0) is 19.0. The zero-order valence-electron chi connectivity index (χ0n) is 14.3. The minimum absolute atomic E-state index is 0.0532. The van der Waals surface area contributed by atoms with Crippen molar-refractivity contribution >= 4 is 62.8 Å². The Morgan fingerprint density at radius 3 is 2.89 bits per heavy atom. The number of halogens is 1. The SMILES string of the molecule is O=C(CSc1nc2cc(Cl)ccc2s1)NN1C(=O)NC2(CCCCC2)C1=O. The fourth-order valence-electron chi connectivity index (χ4n) is 3.44. The monoisotopic (exact) mass is 424 g/mol. The Bertz CT molecular complexity index is 926. The van der Waals surface area contributed by atoms with Crippen LogP contribution < -0.4 is 10.7 Å². The Kier molecular flexibility index (Phi) is 5.00. The van der Waals surface area contributed by atoms with Gasteiger partial charge in [0.05, 0.1) is 16.0 Å². The first-order chi connectivity index (χ1) is 13.0. The molecule has 0 bridgehead atoms. The number of rotatable bonds is 4. The second-order valence-electron chi connectivity index (χ2n) is 6.63. The lowest BCUT2D eigenvalue weighted by molar-refractivity contribution is -0.139. The summed E-state index contributed by atoms with van der Waals surface area (Å²) in [6, 6.07) is 4.89. The quantitative estimate of drug-likeness (QED) is 0.580. The van der Waals surface area contributed by atoms with E-state index in [2.05, 4.69) is 15.7 Å². The van der Waals surface area contributed by atoms with Gasteiger partial charge in [-0.3, -0.25) is 15.0 Å². The zero-order valence-corrected chi connectivity index (χ0v) is 16.7. The average molecular weight is 425 g/mol. The number of amides is 4. The smallest absolute Gasteiger partial charge is 0.322 e. The van der Waals surface area contributed by atoms with Gasteiger partial charge in [-0.2, -0.15) is 5.01 Å². The van der Waals surface area contributed by atoms with Crippen LogP contribution in [0.5, 0.6) is 0 Å². The summed E-state index contributed by atoms with van der Waals surface area (Å²) in [6.07, 6.45) is 4.08. The maximum Gasteiger partial charge on any atom is 0.344 e. The molecule has 1 saturated carbocycles. The Morgan fingerprint density at radius 2 is 2.11 bits per heavy atom. The molecule has 1 aromatic heterocycles. The molecule has 2 heterocycles. The van der Waals surface area contributed by atoms with Crippen molar-refractivity contribution in [3.8, 4) is 0 Å². The molecule has 1 aromatic carbocycles. The lowest BCUT2D eigenvalue weighted by atomic mass is 9.82. The Morgan fingerprint density at radius 1 is 1.33 bits per heavy atom. The number of hydrazine groups is 1. The molecule has 142 valence electrons. The number of fused-ring (bicyclic) bond motifs is 1. The van der Waals surface area contributed by atoms with Crippen LogP contribution in [-0.2, 0) is 9.59 Å². The highest BCUT2D eigenvalue weighted by Gasteiger charge is 2.52. The number of thiazole rings is 1. The fraction of sp³-hybridized carbons (Fsp3) is 0.412. The van der Waals surface area contributed by atoms with Gasteiger partial charge in [-0.05, 0) is 31.0 Å². The van der Waals surface area contributed by atoms with Crippen molar-refractivity contribution in [1.29, 1.82) is 0 Å². The molecular formula is C17H17ClN4O3S2. The number of thioether (sulfide) groups is 1. The summed E-state index contributed by atoms with van der Waals surface area (Å²) in [7, 11) is 0. The van der Waals surface area contributed by atoms with Gasteiger partial charge in [0.1, 0.15) is 5.54 Å². The van der Waals surface area contributed by atoms with Crippen LogP contribution in [0, 0.1) is 0 Å². The Labute approximate surface area is 168 Å². The second-order valence-corrected chi connectivity index (χ2v) is 9.32. The van der Waals surface area contributed by atoms with Gasteiger partial charge >= 0.3 is 6.03 Å². The van der Waals surface area contributed by atoms with Crippen molar-refractivity contribution in [1.82, 2.24) is 20.7 Å². The summed E-state index contributed by atoms with van der Waals surface area (Å²) >= 11 is 8.68. The Hall–Kier alpha value is -1.84. The van der Waals surface area contributed by atoms with Crippen molar-refractivity contribution < 1.29 is 14.4 Å². The van der Waals surface area contributed by atoms with Crippen molar-refractivity contribution in [3.05, 3.63) is 23.2 Å². The maximum absolute atomic E-state index is 12.7. The van der Waals surface area contributed by atoms with Crippen LogP contribution in [0.3, 0.4) is 0 Å². The van der Waals surface area contributed by atoms with Crippen molar-refractivity contribution in [3.63, 3.8) is 0 Å². The van der Waals surface area contributed by atoms with Crippen LogP contribution in [0.25, 0.3) is 10.2 Å². The molecule has 27 heavy (non-hydrogen) atoms. The molecular weight excluding hydrogens is 408 g/mol. The maximum atomic E-state index is 12.7. The number of carbonyl (C=O) groups is 3. The molecule has 7 nitrogen and oxygen atoms in total. The molecule has 4 amide bonds. The van der Waals surface area contributed by atoms with Gasteiger partial charge in [-0.15, -0.1) is 11.3 Å². The molecule has 1 aliphatic heterocycles. The number of carbonyl (C=O) groups excluding carboxylic acids is 3. The molecule has 2 aliphatic rings. The van der Waals surface area contributed by atoms with Crippen LogP contribution >= 0.6 is 34.7 Å². The molecule has 0 unspecified atom stereocenters. The van der Waals surface area contributed by atoms with E-state index in [-0.39, 0.29) is 11.7 Å². The highest BCUT2D eigenvalue weighted by Crippen LogP contribution is 2.33. The van der Waals surface area contributed by atoms with E-state index in [9.17, 15) is 14.4 Å². The van der Waals surface area contributed by atoms with Gasteiger partial charge in [0.15, 0.2) is 4.34 Å². The molecule has 4 rings (SSSR count). The lowest BCUT2D eigenvalue weighted by Crippen LogP contribution is -2.51. The first-order valence-corrected chi connectivity index (χ1v) is 10.8. The molecule has 2 fully saturated rings. The van der Waals surface area contributed by atoms with E-state index in [4.69, 9.17) is 11.6 Å². The minimum Gasteiger partial charge on any atom is -0.322 e. The van der Waals surface area contributed by atoms with Crippen molar-refractivity contribution in [2.75, 3.05) is 5.75 Å². The summed E-state index contributed by atoms with van der Waals surface area (Å²) in [5, 5.41) is 4.20. The molecule has 1 spiro atoms. The molecule has 1 aliphatic carbocycles. The third-order valence-corrected chi connectivity index (χ3v) is 7.18. The predicted octanol–water partition coefficient (Wildman–Crippen LogP) is 3.33. The van der Waals surface area contributed by atoms with Crippen LogP contribution in [-0.4, -0.2) is 39.1 Å². The number of nitrogens with one attached hydrogen (secondary N) is 2. The van der Waals surface area contributed by atoms with Gasteiger partial charge in [0.25, 0.3) is 5.91 Å². The molecule has 10 heteroatoms. The summed E-state index contributed by atoms with van der Waals surface area (Å²) in [4.78, 5) is 41.5. The fourth-order valence-corrected chi connectivity index (χ4v) is 5.45. The largest absolute Gasteiger partial charge is 0.344 e. The van der Waals surface area contributed by atoms with Crippen molar-refractivity contribution in [2.24, 2.45) is 0 Å². The molecule has 0 atom stereocenters. The van der Waals surface area contributed by atoms with E-state index in [0.717, 1.165) is 38.8 Å². The third kappa shape index (κ3) is 3.63. The lowest BCUT2D eigenvalue weighted by Gasteiger charge is -2.30. The van der Waals surface area contributed by atoms with Gasteiger partial charge in [-0.1, -0.05) is 42.6 Å². The van der Waals surface area contributed by atoms with Crippen LogP contribution in [0.1, 0.15) is 32.1 Å². The van der Waals surface area contributed by atoms with E-state index in [1.807, 2.05) is 6.07 Å². The summed E-state index contributed by atoms with van der Waals surface area (Å²) in [6.45, 7) is 0. The summed E-state index contributed by atoms with van der Waals surface area (Å²) < 4.78 is 1.71. The molecule has 1 saturated heterocycles. The predicted molar refractivity (Wildman–Crippen MR) is 105 cm³/mol. The van der Waals surface area contributed by atoms with E-state index >= 15 is 0 Å². The van der Waals surface area contributed by atoms with Gasteiger partial charge < -0.3 is 5.32 Å². The highest BCUT2D eigenvalue weighted by molar-refractivity contribution is 8.01. The van der Waals surface area contributed by atoms with Crippen LogP contribution in [0.2, 0.25) is 5.02 Å². The number of urea groups is 1. The van der Waals surface area contributed by atoms with Gasteiger partial charge in [0.2, 0.25) is 5.91 Å². The van der Waals surface area contributed by atoms with E-state index in [1.54, 1.807) is 12.1 Å². The third-order valence-electron chi connectivity index (χ3n) is 4.76. The molecule has 0 radical (unpaired) electrons. The number of imide groups is 1. The first kappa shape index (κ1) is 18.5. The first-order valence-electron chi connectivity index (χ1n) is 8.62. The highest BCUT2D eigenvalue weighted by atomic mass is 35.5. The van der Waals surface area contributed by atoms with E-state index < -0.39 is 17.5 Å². The normalized spacial score (nSPS) is 18.9.